The zero-order valence-corrected chi connectivity index (χ0v) is 18.8. The predicted molar refractivity (Wildman–Crippen MR) is 121 cm³/mol. The number of benzene rings is 2. The van der Waals surface area contributed by atoms with Gasteiger partial charge >= 0.3 is 0 Å². The maximum Gasteiger partial charge on any atom is 0.260 e. The van der Waals surface area contributed by atoms with Gasteiger partial charge in [-0.05, 0) is 56.0 Å². The minimum absolute atomic E-state index is 0.0644. The van der Waals surface area contributed by atoms with Crippen LogP contribution in [0.15, 0.2) is 42.5 Å². The van der Waals surface area contributed by atoms with Gasteiger partial charge in [-0.1, -0.05) is 35.3 Å². The van der Waals surface area contributed by atoms with E-state index in [9.17, 15) is 9.59 Å². The van der Waals surface area contributed by atoms with Crippen molar-refractivity contribution in [3.05, 3.63) is 58.1 Å². The standard InChI is InChI=1S/C23H26Cl2N2O4/c24-17-9-10-20-18(15-17)23(29)26-11-3-4-12-27(13-5-6-14-30-20)22(28)16-31-21-8-2-1-7-19(21)25/h1-2,7-10,15H,3-6,11-14,16H2,(H,26,29). The van der Waals surface area contributed by atoms with Crippen LogP contribution in [-0.2, 0) is 4.79 Å². The fourth-order valence-electron chi connectivity index (χ4n) is 3.27. The van der Waals surface area contributed by atoms with Gasteiger partial charge in [0.25, 0.3) is 11.8 Å². The Bertz CT molecular complexity index is 907. The molecule has 0 fully saturated rings. The summed E-state index contributed by atoms with van der Waals surface area (Å²) in [5.41, 5.74) is 0.443. The molecule has 2 aromatic rings. The van der Waals surface area contributed by atoms with Crippen LogP contribution in [0.25, 0.3) is 0 Å². The van der Waals surface area contributed by atoms with Crippen LogP contribution in [0.5, 0.6) is 11.5 Å². The summed E-state index contributed by atoms with van der Waals surface area (Å²) < 4.78 is 11.4. The van der Waals surface area contributed by atoms with Crippen LogP contribution in [0.4, 0.5) is 0 Å². The van der Waals surface area contributed by atoms with Crippen LogP contribution in [-0.4, -0.2) is 49.6 Å². The van der Waals surface area contributed by atoms with Crippen molar-refractivity contribution in [3.63, 3.8) is 0 Å². The summed E-state index contributed by atoms with van der Waals surface area (Å²) >= 11 is 12.1. The predicted octanol–water partition coefficient (Wildman–Crippen LogP) is 4.58. The maximum absolute atomic E-state index is 12.7. The summed E-state index contributed by atoms with van der Waals surface area (Å²) in [5, 5.41) is 3.87. The SMILES string of the molecule is O=C1NCCCCN(C(=O)COc2ccccc2Cl)CCCCOc2ccc(Cl)cc21. The lowest BCUT2D eigenvalue weighted by Gasteiger charge is -2.23. The minimum atomic E-state index is -0.212. The number of nitrogens with zero attached hydrogens (tertiary/aromatic N) is 1. The highest BCUT2D eigenvalue weighted by Crippen LogP contribution is 2.24. The molecule has 31 heavy (non-hydrogen) atoms. The number of carbonyl (C=O) groups excluding carboxylic acids is 2. The lowest BCUT2D eigenvalue weighted by Crippen LogP contribution is -2.37. The summed E-state index contributed by atoms with van der Waals surface area (Å²) in [4.78, 5) is 27.0. The number of para-hydroxylation sites is 1. The smallest absolute Gasteiger partial charge is 0.260 e. The molecule has 0 unspecified atom stereocenters. The Balaban J connectivity index is 1.58. The number of fused-ring (bicyclic) bond motifs is 1. The van der Waals surface area contributed by atoms with Crippen LogP contribution < -0.4 is 14.8 Å². The first-order chi connectivity index (χ1) is 15.0. The number of nitrogens with one attached hydrogen (secondary N) is 1. The van der Waals surface area contributed by atoms with Crippen molar-refractivity contribution in [2.24, 2.45) is 0 Å². The molecule has 0 aliphatic carbocycles. The summed E-state index contributed by atoms with van der Waals surface area (Å²) in [6, 6.07) is 12.1. The Labute approximate surface area is 192 Å². The number of halogens is 2. The van der Waals surface area contributed by atoms with Crippen LogP contribution in [0.2, 0.25) is 10.0 Å². The maximum atomic E-state index is 12.7. The van der Waals surface area contributed by atoms with E-state index in [0.29, 0.717) is 53.3 Å². The number of hydrogen-bond donors (Lipinski definition) is 1. The summed E-state index contributed by atoms with van der Waals surface area (Å²) in [6.07, 6.45) is 3.06. The Hall–Kier alpha value is -2.44. The Morgan fingerprint density at radius 3 is 2.65 bits per heavy atom. The first kappa shape index (κ1) is 23.2. The van der Waals surface area contributed by atoms with E-state index in [1.807, 2.05) is 12.1 Å². The van der Waals surface area contributed by atoms with E-state index in [1.165, 1.54) is 0 Å². The van der Waals surface area contributed by atoms with Crippen molar-refractivity contribution in [3.8, 4) is 11.5 Å². The van der Waals surface area contributed by atoms with Crippen LogP contribution in [0, 0.1) is 0 Å². The number of carbonyl (C=O) groups is 2. The van der Waals surface area contributed by atoms with Crippen molar-refractivity contribution in [2.75, 3.05) is 32.8 Å². The van der Waals surface area contributed by atoms with E-state index in [1.54, 1.807) is 35.2 Å². The summed E-state index contributed by atoms with van der Waals surface area (Å²) in [5.74, 6) is 0.710. The van der Waals surface area contributed by atoms with E-state index >= 15 is 0 Å². The lowest BCUT2D eigenvalue weighted by molar-refractivity contribution is -0.133. The largest absolute Gasteiger partial charge is 0.493 e. The van der Waals surface area contributed by atoms with Crippen molar-refractivity contribution in [1.82, 2.24) is 10.2 Å². The average Bonchev–Trinajstić information content (AvgIpc) is 2.76. The van der Waals surface area contributed by atoms with Gasteiger partial charge in [0.15, 0.2) is 6.61 Å². The molecular formula is C23H26Cl2N2O4. The first-order valence-corrected chi connectivity index (χ1v) is 11.2. The molecule has 8 heteroatoms. The highest BCUT2D eigenvalue weighted by atomic mass is 35.5. The molecule has 6 nitrogen and oxygen atoms in total. The Kier molecular flexibility index (Phi) is 8.85. The van der Waals surface area contributed by atoms with Crippen molar-refractivity contribution in [2.45, 2.75) is 25.7 Å². The van der Waals surface area contributed by atoms with Gasteiger partial charge in [-0.15, -0.1) is 0 Å². The fourth-order valence-corrected chi connectivity index (χ4v) is 3.63. The van der Waals surface area contributed by atoms with Gasteiger partial charge < -0.3 is 19.7 Å². The van der Waals surface area contributed by atoms with E-state index in [4.69, 9.17) is 32.7 Å². The lowest BCUT2D eigenvalue weighted by atomic mass is 10.1. The average molecular weight is 465 g/mol. The van der Waals surface area contributed by atoms with Gasteiger partial charge in [0.1, 0.15) is 11.5 Å². The van der Waals surface area contributed by atoms with Crippen LogP contribution >= 0.6 is 23.2 Å². The van der Waals surface area contributed by atoms with E-state index in [0.717, 1.165) is 25.7 Å². The Morgan fingerprint density at radius 1 is 1.06 bits per heavy atom. The van der Waals surface area contributed by atoms with Crippen LogP contribution in [0.1, 0.15) is 36.0 Å². The number of amides is 2. The van der Waals surface area contributed by atoms with Crippen LogP contribution in [0.3, 0.4) is 0 Å². The molecule has 1 aliphatic heterocycles. The van der Waals surface area contributed by atoms with Gasteiger partial charge in [-0.3, -0.25) is 9.59 Å². The van der Waals surface area contributed by atoms with Gasteiger partial charge in [0.05, 0.1) is 17.2 Å². The molecule has 3 rings (SSSR count). The summed E-state index contributed by atoms with van der Waals surface area (Å²) in [7, 11) is 0. The highest BCUT2D eigenvalue weighted by Gasteiger charge is 2.17. The van der Waals surface area contributed by atoms with E-state index in [-0.39, 0.29) is 18.4 Å². The number of rotatable bonds is 3. The second-order valence-electron chi connectivity index (χ2n) is 7.26. The fraction of sp³-hybridized carbons (Fsp3) is 0.391. The molecule has 0 atom stereocenters. The molecule has 166 valence electrons. The van der Waals surface area contributed by atoms with Crippen molar-refractivity contribution < 1.29 is 19.1 Å². The van der Waals surface area contributed by atoms with Gasteiger partial charge in [0.2, 0.25) is 0 Å². The molecule has 0 saturated carbocycles. The molecule has 1 aliphatic rings. The van der Waals surface area contributed by atoms with Crippen molar-refractivity contribution >= 4 is 35.0 Å². The van der Waals surface area contributed by atoms with Gasteiger partial charge in [-0.2, -0.15) is 0 Å². The molecule has 0 saturated heterocycles. The quantitative estimate of drug-likeness (QED) is 0.721. The minimum Gasteiger partial charge on any atom is -0.493 e. The van der Waals surface area contributed by atoms with Crippen molar-refractivity contribution in [1.29, 1.82) is 0 Å². The second kappa shape index (κ2) is 11.8. The zero-order valence-electron chi connectivity index (χ0n) is 17.2. The van der Waals surface area contributed by atoms with Gasteiger partial charge in [-0.25, -0.2) is 0 Å². The van der Waals surface area contributed by atoms with Gasteiger partial charge in [0, 0.05) is 24.7 Å². The third-order valence-corrected chi connectivity index (χ3v) is 5.49. The Morgan fingerprint density at radius 2 is 1.84 bits per heavy atom. The first-order valence-electron chi connectivity index (χ1n) is 10.4. The monoisotopic (exact) mass is 464 g/mol. The third-order valence-electron chi connectivity index (χ3n) is 4.95. The number of ether oxygens (including phenoxy) is 2. The normalized spacial score (nSPS) is 15.8. The summed E-state index contributed by atoms with van der Waals surface area (Å²) in [6.45, 7) is 2.10. The molecule has 1 N–H and O–H groups in total. The molecular weight excluding hydrogens is 439 g/mol. The molecule has 0 radical (unpaired) electrons. The molecule has 2 aromatic carbocycles. The molecule has 0 aromatic heterocycles. The molecule has 1 heterocycles. The topological polar surface area (TPSA) is 67.9 Å². The third kappa shape index (κ3) is 7.04. The van der Waals surface area contributed by atoms with E-state index in [2.05, 4.69) is 5.32 Å². The number of hydrogen-bond acceptors (Lipinski definition) is 4. The molecule has 0 bridgehead atoms. The molecule has 2 amide bonds. The second-order valence-corrected chi connectivity index (χ2v) is 8.10. The van der Waals surface area contributed by atoms with E-state index < -0.39 is 0 Å². The highest BCUT2D eigenvalue weighted by molar-refractivity contribution is 6.32. The zero-order chi connectivity index (χ0) is 22.1. The molecule has 0 spiro atoms.